The second-order valence-electron chi connectivity index (χ2n) is 5.31. The molecule has 16 heavy (non-hydrogen) atoms. The highest BCUT2D eigenvalue weighted by atomic mass is 15.1. The number of hydrogen-bond acceptors (Lipinski definition) is 1. The molecular weight excluding hydrogens is 194 g/mol. The van der Waals surface area contributed by atoms with Gasteiger partial charge in [0.25, 0.3) is 0 Å². The van der Waals surface area contributed by atoms with Gasteiger partial charge in [-0.25, -0.2) is 0 Å². The summed E-state index contributed by atoms with van der Waals surface area (Å²) < 4.78 is 0. The second-order valence-corrected chi connectivity index (χ2v) is 5.31. The third-order valence-corrected chi connectivity index (χ3v) is 4.01. The van der Waals surface area contributed by atoms with Crippen LogP contribution in [0.1, 0.15) is 64.7 Å². The van der Waals surface area contributed by atoms with E-state index >= 15 is 0 Å². The fraction of sp³-hybridized carbons (Fsp3) is 0.933. The SMILES string of the molecule is [CH2]CCCCCCCN1CCC(CC)CC1. The maximum absolute atomic E-state index is 3.88. The highest BCUT2D eigenvalue weighted by Gasteiger charge is 2.16. The highest BCUT2D eigenvalue weighted by molar-refractivity contribution is 4.71. The standard InChI is InChI=1S/C15H30N/c1-3-5-6-7-8-9-12-16-13-10-15(4-2)11-14-16/h15H,1,3-14H2,2H3. The Morgan fingerprint density at radius 2 is 1.62 bits per heavy atom. The predicted molar refractivity (Wildman–Crippen MR) is 72.5 cm³/mol. The van der Waals surface area contributed by atoms with Crippen LogP contribution in [-0.2, 0) is 0 Å². The molecule has 1 aliphatic rings. The molecule has 0 atom stereocenters. The van der Waals surface area contributed by atoms with Crippen molar-refractivity contribution in [3.8, 4) is 0 Å². The lowest BCUT2D eigenvalue weighted by molar-refractivity contribution is 0.179. The summed E-state index contributed by atoms with van der Waals surface area (Å²) in [5.74, 6) is 1.02. The largest absolute Gasteiger partial charge is 0.303 e. The quantitative estimate of drug-likeness (QED) is 0.556. The third-order valence-electron chi connectivity index (χ3n) is 4.01. The van der Waals surface area contributed by atoms with Crippen molar-refractivity contribution in [3.05, 3.63) is 6.92 Å². The van der Waals surface area contributed by atoms with Crippen LogP contribution in [0.2, 0.25) is 0 Å². The lowest BCUT2D eigenvalue weighted by Crippen LogP contribution is -2.34. The molecule has 0 spiro atoms. The van der Waals surface area contributed by atoms with Crippen LogP contribution >= 0.6 is 0 Å². The molecule has 1 saturated heterocycles. The molecule has 1 radical (unpaired) electrons. The van der Waals surface area contributed by atoms with E-state index < -0.39 is 0 Å². The van der Waals surface area contributed by atoms with Crippen LogP contribution in [-0.4, -0.2) is 24.5 Å². The van der Waals surface area contributed by atoms with Crippen LogP contribution in [0.5, 0.6) is 0 Å². The van der Waals surface area contributed by atoms with Gasteiger partial charge in [-0.3, -0.25) is 0 Å². The Labute approximate surface area is 103 Å². The van der Waals surface area contributed by atoms with Crippen LogP contribution in [0.25, 0.3) is 0 Å². The number of rotatable bonds is 8. The number of hydrogen-bond donors (Lipinski definition) is 0. The average Bonchev–Trinajstić information content (AvgIpc) is 2.34. The van der Waals surface area contributed by atoms with Gasteiger partial charge in [0.05, 0.1) is 0 Å². The van der Waals surface area contributed by atoms with Gasteiger partial charge in [-0.1, -0.05) is 52.4 Å². The molecule has 1 aliphatic heterocycles. The van der Waals surface area contributed by atoms with Crippen LogP contribution in [0.4, 0.5) is 0 Å². The molecule has 0 aliphatic carbocycles. The van der Waals surface area contributed by atoms with Crippen LogP contribution < -0.4 is 0 Å². The Bertz CT molecular complexity index is 148. The number of likely N-dealkylation sites (tertiary alicyclic amines) is 1. The number of nitrogens with zero attached hydrogens (tertiary/aromatic N) is 1. The van der Waals surface area contributed by atoms with Gasteiger partial charge < -0.3 is 4.90 Å². The van der Waals surface area contributed by atoms with Crippen molar-refractivity contribution in [2.45, 2.75) is 64.7 Å². The van der Waals surface area contributed by atoms with E-state index in [2.05, 4.69) is 18.7 Å². The van der Waals surface area contributed by atoms with E-state index in [-0.39, 0.29) is 0 Å². The first-order valence-electron chi connectivity index (χ1n) is 7.38. The van der Waals surface area contributed by atoms with Crippen LogP contribution in [0.15, 0.2) is 0 Å². The van der Waals surface area contributed by atoms with E-state index in [1.165, 1.54) is 71.0 Å². The van der Waals surface area contributed by atoms with Crippen LogP contribution in [0, 0.1) is 12.8 Å². The first-order chi connectivity index (χ1) is 7.86. The molecule has 0 N–H and O–H groups in total. The van der Waals surface area contributed by atoms with Gasteiger partial charge in [0.1, 0.15) is 0 Å². The summed E-state index contributed by atoms with van der Waals surface area (Å²) in [5, 5.41) is 0. The molecule has 1 nitrogen and oxygen atoms in total. The van der Waals surface area contributed by atoms with Gasteiger partial charge in [-0.05, 0) is 44.8 Å². The number of unbranched alkanes of at least 4 members (excludes halogenated alkanes) is 5. The fourth-order valence-electron chi connectivity index (χ4n) is 2.66. The summed E-state index contributed by atoms with van der Waals surface area (Å²) in [6.07, 6.45) is 12.4. The average molecular weight is 224 g/mol. The Morgan fingerprint density at radius 3 is 2.25 bits per heavy atom. The third kappa shape index (κ3) is 5.89. The smallest absolute Gasteiger partial charge is 0.00161 e. The molecule has 1 fully saturated rings. The van der Waals surface area contributed by atoms with E-state index in [1.54, 1.807) is 0 Å². The normalized spacial score (nSPS) is 19.1. The van der Waals surface area contributed by atoms with E-state index in [9.17, 15) is 0 Å². The highest BCUT2D eigenvalue weighted by Crippen LogP contribution is 2.20. The minimum atomic E-state index is 1.02. The van der Waals surface area contributed by atoms with Gasteiger partial charge in [-0.15, -0.1) is 0 Å². The molecule has 0 amide bonds. The molecule has 0 saturated carbocycles. The van der Waals surface area contributed by atoms with Crippen molar-refractivity contribution < 1.29 is 0 Å². The fourth-order valence-corrected chi connectivity index (χ4v) is 2.66. The monoisotopic (exact) mass is 224 g/mol. The first kappa shape index (κ1) is 14.0. The lowest BCUT2D eigenvalue weighted by atomic mass is 9.94. The Morgan fingerprint density at radius 1 is 1.00 bits per heavy atom. The molecule has 1 heteroatoms. The molecule has 0 unspecified atom stereocenters. The first-order valence-corrected chi connectivity index (χ1v) is 7.38. The maximum atomic E-state index is 3.88. The summed E-state index contributed by atoms with van der Waals surface area (Å²) in [6.45, 7) is 10.3. The summed E-state index contributed by atoms with van der Waals surface area (Å²) in [5.41, 5.74) is 0. The van der Waals surface area contributed by atoms with E-state index in [4.69, 9.17) is 0 Å². The predicted octanol–water partition coefficient (Wildman–Crippen LogP) is 4.28. The summed E-state index contributed by atoms with van der Waals surface area (Å²) in [6, 6.07) is 0. The minimum Gasteiger partial charge on any atom is -0.303 e. The van der Waals surface area contributed by atoms with E-state index in [0.717, 1.165) is 12.3 Å². The maximum Gasteiger partial charge on any atom is -0.00161 e. The zero-order chi connectivity index (χ0) is 11.6. The van der Waals surface area contributed by atoms with Gasteiger partial charge in [0, 0.05) is 0 Å². The van der Waals surface area contributed by atoms with E-state index in [0.29, 0.717) is 0 Å². The van der Waals surface area contributed by atoms with Gasteiger partial charge in [0.2, 0.25) is 0 Å². The Balaban J connectivity index is 1.90. The minimum absolute atomic E-state index is 1.02. The zero-order valence-electron chi connectivity index (χ0n) is 11.2. The molecule has 0 aromatic carbocycles. The van der Waals surface area contributed by atoms with E-state index in [1.807, 2.05) is 0 Å². The van der Waals surface area contributed by atoms with Crippen molar-refractivity contribution in [3.63, 3.8) is 0 Å². The molecule has 0 bridgehead atoms. The summed E-state index contributed by atoms with van der Waals surface area (Å²) in [4.78, 5) is 2.67. The van der Waals surface area contributed by atoms with Gasteiger partial charge in [0.15, 0.2) is 0 Å². The van der Waals surface area contributed by atoms with Crippen molar-refractivity contribution >= 4 is 0 Å². The molecule has 95 valence electrons. The van der Waals surface area contributed by atoms with Crippen LogP contribution in [0.3, 0.4) is 0 Å². The molecule has 1 rings (SSSR count). The second kappa shape index (κ2) is 9.04. The summed E-state index contributed by atoms with van der Waals surface area (Å²) in [7, 11) is 0. The lowest BCUT2D eigenvalue weighted by Gasteiger charge is -2.31. The molecule has 0 aromatic rings. The zero-order valence-corrected chi connectivity index (χ0v) is 11.2. The topological polar surface area (TPSA) is 3.24 Å². The van der Waals surface area contributed by atoms with Crippen molar-refractivity contribution in [2.75, 3.05) is 19.6 Å². The molecule has 0 aromatic heterocycles. The Kier molecular flexibility index (Phi) is 7.92. The molecule has 1 heterocycles. The molecular formula is C15H30N. The summed E-state index contributed by atoms with van der Waals surface area (Å²) >= 11 is 0. The van der Waals surface area contributed by atoms with Gasteiger partial charge in [-0.2, -0.15) is 0 Å². The van der Waals surface area contributed by atoms with Crippen molar-refractivity contribution in [1.82, 2.24) is 4.90 Å². The van der Waals surface area contributed by atoms with Crippen molar-refractivity contribution in [1.29, 1.82) is 0 Å². The number of piperidine rings is 1. The van der Waals surface area contributed by atoms with Gasteiger partial charge >= 0.3 is 0 Å². The Hall–Kier alpha value is -0.0400. The van der Waals surface area contributed by atoms with Crippen molar-refractivity contribution in [2.24, 2.45) is 5.92 Å².